The molecular formula is C25H28N2O3S. The van der Waals surface area contributed by atoms with Crippen molar-refractivity contribution in [2.75, 3.05) is 10.0 Å². The van der Waals surface area contributed by atoms with Gasteiger partial charge in [-0.3, -0.25) is 9.52 Å². The lowest BCUT2D eigenvalue weighted by Gasteiger charge is -2.14. The van der Waals surface area contributed by atoms with E-state index in [1.807, 2.05) is 31.2 Å². The molecule has 0 aromatic heterocycles. The molecule has 3 rings (SSSR count). The topological polar surface area (TPSA) is 75.3 Å². The van der Waals surface area contributed by atoms with E-state index in [9.17, 15) is 13.2 Å². The van der Waals surface area contributed by atoms with Crippen LogP contribution >= 0.6 is 0 Å². The van der Waals surface area contributed by atoms with Gasteiger partial charge >= 0.3 is 0 Å². The second-order valence-corrected chi connectivity index (χ2v) is 9.33. The molecule has 162 valence electrons. The first-order chi connectivity index (χ1) is 14.8. The molecule has 0 fully saturated rings. The first-order valence-electron chi connectivity index (χ1n) is 10.4. The Morgan fingerprint density at radius 3 is 2.23 bits per heavy atom. The Hall–Kier alpha value is -3.12. The van der Waals surface area contributed by atoms with Gasteiger partial charge in [0.25, 0.3) is 15.9 Å². The Kier molecular flexibility index (Phi) is 7.13. The molecule has 2 N–H and O–H groups in total. The van der Waals surface area contributed by atoms with Gasteiger partial charge in [-0.25, -0.2) is 8.42 Å². The predicted octanol–water partition coefficient (Wildman–Crippen LogP) is 5.70. The number of carbonyl (C=O) groups is 1. The first kappa shape index (κ1) is 22.6. The third-order valence-electron chi connectivity index (χ3n) is 5.18. The molecular weight excluding hydrogens is 408 g/mol. The minimum Gasteiger partial charge on any atom is -0.322 e. The van der Waals surface area contributed by atoms with Crippen molar-refractivity contribution in [2.24, 2.45) is 0 Å². The molecule has 0 aliphatic heterocycles. The van der Waals surface area contributed by atoms with Crippen molar-refractivity contribution < 1.29 is 13.2 Å². The fraction of sp³-hybridized carbons (Fsp3) is 0.240. The maximum Gasteiger partial charge on any atom is 0.261 e. The maximum atomic E-state index is 12.8. The molecule has 31 heavy (non-hydrogen) atoms. The molecule has 6 heteroatoms. The number of aryl methyl sites for hydroxylation is 2. The van der Waals surface area contributed by atoms with E-state index < -0.39 is 10.0 Å². The third-order valence-corrected chi connectivity index (χ3v) is 6.57. The molecule has 0 unspecified atom stereocenters. The van der Waals surface area contributed by atoms with Crippen molar-refractivity contribution in [1.29, 1.82) is 0 Å². The number of hydrogen-bond donors (Lipinski definition) is 2. The van der Waals surface area contributed by atoms with E-state index in [0.717, 1.165) is 24.8 Å². The molecule has 0 radical (unpaired) electrons. The number of unbranched alkanes of at least 4 members (excludes halogenated alkanes) is 1. The first-order valence-corrected chi connectivity index (χ1v) is 11.9. The molecule has 3 aromatic rings. The molecule has 0 saturated carbocycles. The number of hydrogen-bond acceptors (Lipinski definition) is 3. The fourth-order valence-electron chi connectivity index (χ4n) is 3.25. The van der Waals surface area contributed by atoms with E-state index in [4.69, 9.17) is 0 Å². The monoisotopic (exact) mass is 436 g/mol. The number of benzene rings is 3. The predicted molar refractivity (Wildman–Crippen MR) is 126 cm³/mol. The molecule has 0 heterocycles. The summed E-state index contributed by atoms with van der Waals surface area (Å²) in [6.07, 6.45) is 3.30. The van der Waals surface area contributed by atoms with Crippen molar-refractivity contribution in [3.8, 4) is 0 Å². The van der Waals surface area contributed by atoms with Crippen LogP contribution in [0.2, 0.25) is 0 Å². The van der Waals surface area contributed by atoms with Gasteiger partial charge < -0.3 is 5.32 Å². The minimum atomic E-state index is -3.75. The zero-order valence-corrected chi connectivity index (χ0v) is 18.9. The van der Waals surface area contributed by atoms with Crippen LogP contribution in [0, 0.1) is 13.8 Å². The highest BCUT2D eigenvalue weighted by Crippen LogP contribution is 2.24. The fourth-order valence-corrected chi connectivity index (χ4v) is 4.37. The summed E-state index contributed by atoms with van der Waals surface area (Å²) in [5.41, 5.74) is 4.28. The standard InChI is InChI=1S/C25H28N2O3S/c1-4-5-7-20-12-14-21(15-13-20)26-25(28)23-8-6-9-24(19(23)3)27-31(29,30)22-16-10-18(2)11-17-22/h6,8-17,27H,4-5,7H2,1-3H3,(H,26,28). The van der Waals surface area contributed by atoms with Crippen LogP contribution in [0.25, 0.3) is 0 Å². The van der Waals surface area contributed by atoms with Crippen LogP contribution in [-0.2, 0) is 16.4 Å². The van der Waals surface area contributed by atoms with Gasteiger partial charge in [0.1, 0.15) is 0 Å². The van der Waals surface area contributed by atoms with E-state index in [2.05, 4.69) is 17.0 Å². The highest BCUT2D eigenvalue weighted by atomic mass is 32.2. The lowest BCUT2D eigenvalue weighted by Crippen LogP contribution is -2.17. The van der Waals surface area contributed by atoms with Crippen molar-refractivity contribution in [3.63, 3.8) is 0 Å². The van der Waals surface area contributed by atoms with Gasteiger partial charge in [-0.2, -0.15) is 0 Å². The van der Waals surface area contributed by atoms with Crippen LogP contribution in [-0.4, -0.2) is 14.3 Å². The molecule has 3 aromatic carbocycles. The largest absolute Gasteiger partial charge is 0.322 e. The smallest absolute Gasteiger partial charge is 0.261 e. The number of nitrogens with one attached hydrogen (secondary N) is 2. The highest BCUT2D eigenvalue weighted by molar-refractivity contribution is 7.92. The van der Waals surface area contributed by atoms with Crippen LogP contribution in [0.1, 0.15) is 46.8 Å². The molecule has 0 aliphatic rings. The molecule has 5 nitrogen and oxygen atoms in total. The average Bonchev–Trinajstić information content (AvgIpc) is 2.75. The van der Waals surface area contributed by atoms with Gasteiger partial charge in [-0.1, -0.05) is 49.2 Å². The second-order valence-electron chi connectivity index (χ2n) is 7.65. The average molecular weight is 437 g/mol. The van der Waals surface area contributed by atoms with E-state index in [1.165, 1.54) is 5.56 Å². The quantitative estimate of drug-likeness (QED) is 0.476. The highest BCUT2D eigenvalue weighted by Gasteiger charge is 2.18. The van der Waals surface area contributed by atoms with Gasteiger partial charge in [-0.05, 0) is 74.2 Å². The Morgan fingerprint density at radius 2 is 1.58 bits per heavy atom. The van der Waals surface area contributed by atoms with Crippen LogP contribution in [0.5, 0.6) is 0 Å². The van der Waals surface area contributed by atoms with Crippen LogP contribution in [0.15, 0.2) is 71.6 Å². The second kappa shape index (κ2) is 9.79. The Morgan fingerprint density at radius 1 is 0.903 bits per heavy atom. The number of rotatable bonds is 8. The van der Waals surface area contributed by atoms with Crippen molar-refractivity contribution >= 4 is 27.3 Å². The Labute approximate surface area is 184 Å². The third kappa shape index (κ3) is 5.73. The lowest BCUT2D eigenvalue weighted by molar-refractivity contribution is 0.102. The van der Waals surface area contributed by atoms with Crippen molar-refractivity contribution in [2.45, 2.75) is 44.9 Å². The van der Waals surface area contributed by atoms with E-state index in [1.54, 1.807) is 49.4 Å². The number of amides is 1. The number of anilines is 2. The van der Waals surface area contributed by atoms with Crippen LogP contribution in [0.3, 0.4) is 0 Å². The van der Waals surface area contributed by atoms with E-state index in [0.29, 0.717) is 22.5 Å². The van der Waals surface area contributed by atoms with Gasteiger partial charge in [0, 0.05) is 11.3 Å². The lowest BCUT2D eigenvalue weighted by atomic mass is 10.1. The molecule has 0 atom stereocenters. The van der Waals surface area contributed by atoms with E-state index in [-0.39, 0.29) is 10.8 Å². The molecule has 0 saturated heterocycles. The Balaban J connectivity index is 1.76. The van der Waals surface area contributed by atoms with Gasteiger partial charge in [-0.15, -0.1) is 0 Å². The summed E-state index contributed by atoms with van der Waals surface area (Å²) in [4.78, 5) is 13.0. The zero-order chi connectivity index (χ0) is 22.4. The summed E-state index contributed by atoms with van der Waals surface area (Å²) >= 11 is 0. The van der Waals surface area contributed by atoms with Gasteiger partial charge in [0.15, 0.2) is 0 Å². The van der Waals surface area contributed by atoms with Gasteiger partial charge in [0.05, 0.1) is 10.6 Å². The molecule has 0 spiro atoms. The van der Waals surface area contributed by atoms with Crippen molar-refractivity contribution in [1.82, 2.24) is 0 Å². The normalized spacial score (nSPS) is 11.2. The summed E-state index contributed by atoms with van der Waals surface area (Å²) in [5.74, 6) is -0.282. The van der Waals surface area contributed by atoms with E-state index >= 15 is 0 Å². The van der Waals surface area contributed by atoms with Crippen molar-refractivity contribution in [3.05, 3.63) is 89.0 Å². The number of sulfonamides is 1. The summed E-state index contributed by atoms with van der Waals surface area (Å²) in [7, 11) is -3.75. The minimum absolute atomic E-state index is 0.176. The van der Waals surface area contributed by atoms with Crippen LogP contribution < -0.4 is 10.0 Å². The SMILES string of the molecule is CCCCc1ccc(NC(=O)c2cccc(NS(=O)(=O)c3ccc(C)cc3)c2C)cc1. The Bertz CT molecular complexity index is 1150. The summed E-state index contributed by atoms with van der Waals surface area (Å²) in [6, 6.07) is 19.4. The summed E-state index contributed by atoms with van der Waals surface area (Å²) in [5, 5.41) is 2.89. The van der Waals surface area contributed by atoms with Gasteiger partial charge in [0.2, 0.25) is 0 Å². The molecule has 1 amide bonds. The van der Waals surface area contributed by atoms with Crippen LogP contribution in [0.4, 0.5) is 11.4 Å². The maximum absolute atomic E-state index is 12.8. The molecule has 0 aliphatic carbocycles. The summed E-state index contributed by atoms with van der Waals surface area (Å²) < 4.78 is 28.1. The molecule has 0 bridgehead atoms. The zero-order valence-electron chi connectivity index (χ0n) is 18.1. The number of carbonyl (C=O) groups excluding carboxylic acids is 1. The summed E-state index contributed by atoms with van der Waals surface area (Å²) in [6.45, 7) is 5.79.